The average Bonchev–Trinajstić information content (AvgIpc) is 3.18. The van der Waals surface area contributed by atoms with E-state index in [2.05, 4.69) is 17.1 Å². The van der Waals surface area contributed by atoms with Gasteiger partial charge in [0.2, 0.25) is 5.91 Å². The van der Waals surface area contributed by atoms with Gasteiger partial charge in [0.25, 0.3) is 0 Å². The minimum Gasteiger partial charge on any atom is -0.339 e. The van der Waals surface area contributed by atoms with Crippen molar-refractivity contribution in [1.82, 2.24) is 10.2 Å². The zero-order chi connectivity index (χ0) is 13.2. The number of nitrogens with one attached hydrogen (secondary N) is 1. The Bertz CT molecular complexity index is 322. The quantitative estimate of drug-likeness (QED) is 0.847. The maximum absolute atomic E-state index is 12.7. The first-order chi connectivity index (χ1) is 9.25. The molecule has 116 valence electrons. The van der Waals surface area contributed by atoms with E-state index in [9.17, 15) is 4.79 Å². The monoisotopic (exact) mass is 300 g/mol. The molecule has 1 heterocycles. The van der Waals surface area contributed by atoms with E-state index in [1.165, 1.54) is 44.9 Å². The number of hydrogen-bond acceptors (Lipinski definition) is 2. The fourth-order valence-corrected chi connectivity index (χ4v) is 3.58. The molecule has 1 unspecified atom stereocenters. The van der Waals surface area contributed by atoms with Gasteiger partial charge in [-0.15, -0.1) is 12.4 Å². The molecule has 0 bridgehead atoms. The molecule has 0 radical (unpaired) electrons. The zero-order valence-corrected chi connectivity index (χ0v) is 13.5. The number of rotatable bonds is 5. The second-order valence-corrected chi connectivity index (χ2v) is 6.93. The number of carbonyl (C=O) groups excluding carboxylic acids is 1. The Morgan fingerprint density at radius 2 is 1.80 bits per heavy atom. The van der Waals surface area contributed by atoms with Crippen LogP contribution in [0.15, 0.2) is 0 Å². The van der Waals surface area contributed by atoms with Gasteiger partial charge in [-0.3, -0.25) is 4.79 Å². The van der Waals surface area contributed by atoms with E-state index in [0.717, 1.165) is 25.6 Å². The SMILES string of the molecule is CC(C(=O)N(CC1CCCCC1)C1CC1)C1CNC1.Cl. The zero-order valence-electron chi connectivity index (χ0n) is 12.6. The topological polar surface area (TPSA) is 32.3 Å². The molecule has 2 aliphatic carbocycles. The number of nitrogens with zero attached hydrogens (tertiary/aromatic N) is 1. The van der Waals surface area contributed by atoms with Crippen molar-refractivity contribution in [3.8, 4) is 0 Å². The van der Waals surface area contributed by atoms with Crippen LogP contribution in [0.2, 0.25) is 0 Å². The van der Waals surface area contributed by atoms with Gasteiger partial charge in [0.1, 0.15) is 0 Å². The fourth-order valence-electron chi connectivity index (χ4n) is 3.58. The highest BCUT2D eigenvalue weighted by Crippen LogP contribution is 2.33. The Labute approximate surface area is 129 Å². The van der Waals surface area contributed by atoms with Gasteiger partial charge >= 0.3 is 0 Å². The predicted molar refractivity (Wildman–Crippen MR) is 84.1 cm³/mol. The van der Waals surface area contributed by atoms with Crippen molar-refractivity contribution < 1.29 is 4.79 Å². The summed E-state index contributed by atoms with van der Waals surface area (Å²) in [6, 6.07) is 0.588. The van der Waals surface area contributed by atoms with E-state index in [4.69, 9.17) is 0 Å². The largest absolute Gasteiger partial charge is 0.339 e. The molecular weight excluding hydrogens is 272 g/mol. The standard InChI is InChI=1S/C16H28N2O.ClH/c1-12(14-9-17-10-14)16(19)18(15-7-8-15)11-13-5-3-2-4-6-13;/h12-15,17H,2-11H2,1H3;1H. The van der Waals surface area contributed by atoms with Gasteiger partial charge in [0.05, 0.1) is 0 Å². The molecular formula is C16H29ClN2O. The molecule has 1 N–H and O–H groups in total. The molecule has 1 saturated heterocycles. The van der Waals surface area contributed by atoms with E-state index in [0.29, 0.717) is 17.9 Å². The van der Waals surface area contributed by atoms with Gasteiger partial charge in [0, 0.05) is 18.5 Å². The third-order valence-corrected chi connectivity index (χ3v) is 5.36. The summed E-state index contributed by atoms with van der Waals surface area (Å²) in [5.41, 5.74) is 0. The molecule has 1 amide bonds. The third kappa shape index (κ3) is 3.67. The van der Waals surface area contributed by atoms with Crippen LogP contribution in [-0.4, -0.2) is 36.5 Å². The molecule has 3 nitrogen and oxygen atoms in total. The van der Waals surface area contributed by atoms with Crippen molar-refractivity contribution in [3.05, 3.63) is 0 Å². The predicted octanol–water partition coefficient (Wildman–Crippen LogP) is 2.84. The molecule has 1 atom stereocenters. The Balaban J connectivity index is 0.00000147. The number of hydrogen-bond donors (Lipinski definition) is 1. The number of carbonyl (C=O) groups is 1. The Hall–Kier alpha value is -0.280. The van der Waals surface area contributed by atoms with Crippen molar-refractivity contribution >= 4 is 18.3 Å². The van der Waals surface area contributed by atoms with Crippen molar-refractivity contribution in [2.45, 2.75) is 57.9 Å². The molecule has 20 heavy (non-hydrogen) atoms. The van der Waals surface area contributed by atoms with Crippen LogP contribution >= 0.6 is 12.4 Å². The number of halogens is 1. The van der Waals surface area contributed by atoms with Crippen LogP contribution < -0.4 is 5.32 Å². The molecule has 4 heteroatoms. The summed E-state index contributed by atoms with van der Waals surface area (Å²) in [5.74, 6) is 2.04. The van der Waals surface area contributed by atoms with Gasteiger partial charge in [0.15, 0.2) is 0 Å². The first kappa shape index (κ1) is 16.1. The van der Waals surface area contributed by atoms with E-state index in [1.54, 1.807) is 0 Å². The van der Waals surface area contributed by atoms with Crippen LogP contribution in [0.1, 0.15) is 51.9 Å². The number of amides is 1. The van der Waals surface area contributed by atoms with Crippen LogP contribution in [0.3, 0.4) is 0 Å². The lowest BCUT2D eigenvalue weighted by molar-refractivity contribution is -0.138. The molecule has 0 spiro atoms. The van der Waals surface area contributed by atoms with Gasteiger partial charge in [-0.2, -0.15) is 0 Å². The molecule has 0 aromatic heterocycles. The van der Waals surface area contributed by atoms with Gasteiger partial charge in [-0.05, 0) is 50.6 Å². The van der Waals surface area contributed by atoms with Crippen molar-refractivity contribution in [3.63, 3.8) is 0 Å². The van der Waals surface area contributed by atoms with Gasteiger partial charge < -0.3 is 10.2 Å². The summed E-state index contributed by atoms with van der Waals surface area (Å²) in [6.45, 7) is 5.27. The highest BCUT2D eigenvalue weighted by Gasteiger charge is 2.39. The fraction of sp³-hybridized carbons (Fsp3) is 0.938. The third-order valence-electron chi connectivity index (χ3n) is 5.36. The first-order valence-electron chi connectivity index (χ1n) is 8.27. The summed E-state index contributed by atoms with van der Waals surface area (Å²) in [7, 11) is 0. The normalized spacial score (nSPS) is 25.4. The Kier molecular flexibility index (Phi) is 5.74. The van der Waals surface area contributed by atoms with E-state index >= 15 is 0 Å². The molecule has 3 aliphatic rings. The lowest BCUT2D eigenvalue weighted by atomic mass is 9.86. The highest BCUT2D eigenvalue weighted by molar-refractivity contribution is 5.85. The molecule has 2 saturated carbocycles. The maximum atomic E-state index is 12.7. The minimum absolute atomic E-state index is 0. The first-order valence-corrected chi connectivity index (χ1v) is 8.27. The molecule has 0 aromatic rings. The van der Waals surface area contributed by atoms with Crippen LogP contribution in [0, 0.1) is 17.8 Å². The summed E-state index contributed by atoms with van der Waals surface area (Å²) < 4.78 is 0. The van der Waals surface area contributed by atoms with Crippen molar-refractivity contribution in [2.75, 3.05) is 19.6 Å². The molecule has 1 aliphatic heterocycles. The van der Waals surface area contributed by atoms with Crippen LogP contribution in [0.4, 0.5) is 0 Å². The lowest BCUT2D eigenvalue weighted by Crippen LogP contribution is -2.51. The smallest absolute Gasteiger partial charge is 0.226 e. The van der Waals surface area contributed by atoms with Gasteiger partial charge in [-0.25, -0.2) is 0 Å². The van der Waals surface area contributed by atoms with Crippen molar-refractivity contribution in [2.24, 2.45) is 17.8 Å². The molecule has 0 aromatic carbocycles. The Morgan fingerprint density at radius 3 is 2.30 bits per heavy atom. The Morgan fingerprint density at radius 1 is 1.15 bits per heavy atom. The van der Waals surface area contributed by atoms with E-state index in [-0.39, 0.29) is 18.3 Å². The highest BCUT2D eigenvalue weighted by atomic mass is 35.5. The van der Waals surface area contributed by atoms with Crippen molar-refractivity contribution in [1.29, 1.82) is 0 Å². The average molecular weight is 301 g/mol. The summed E-state index contributed by atoms with van der Waals surface area (Å²) in [4.78, 5) is 15.0. The summed E-state index contributed by atoms with van der Waals surface area (Å²) in [6.07, 6.45) is 9.32. The van der Waals surface area contributed by atoms with Crippen LogP contribution in [0.25, 0.3) is 0 Å². The minimum atomic E-state index is 0. The van der Waals surface area contributed by atoms with E-state index < -0.39 is 0 Å². The molecule has 3 rings (SSSR count). The van der Waals surface area contributed by atoms with Gasteiger partial charge in [-0.1, -0.05) is 26.2 Å². The maximum Gasteiger partial charge on any atom is 0.226 e. The molecule has 3 fully saturated rings. The van der Waals surface area contributed by atoms with Crippen LogP contribution in [-0.2, 0) is 4.79 Å². The van der Waals surface area contributed by atoms with E-state index in [1.807, 2.05) is 0 Å². The summed E-state index contributed by atoms with van der Waals surface area (Å²) >= 11 is 0. The van der Waals surface area contributed by atoms with Crippen LogP contribution in [0.5, 0.6) is 0 Å². The second-order valence-electron chi connectivity index (χ2n) is 6.93. The second kappa shape index (κ2) is 7.13. The lowest BCUT2D eigenvalue weighted by Gasteiger charge is -2.37. The summed E-state index contributed by atoms with van der Waals surface area (Å²) in [5, 5.41) is 3.29.